The van der Waals surface area contributed by atoms with Crippen molar-refractivity contribution in [3.8, 4) is 11.1 Å². The Labute approximate surface area is 178 Å². The largest absolute Gasteiger partial charge is 0.368 e. The maximum Gasteiger partial charge on any atom is 0.255 e. The Hall–Kier alpha value is -2.25. The van der Waals surface area contributed by atoms with Crippen molar-refractivity contribution in [2.24, 2.45) is 11.7 Å². The topological polar surface area (TPSA) is 71.2 Å². The van der Waals surface area contributed by atoms with Crippen molar-refractivity contribution < 1.29 is 13.6 Å². The molecule has 158 valence electrons. The molecule has 1 amide bonds. The Morgan fingerprint density at radius 2 is 1.93 bits per heavy atom. The first-order valence-corrected chi connectivity index (χ1v) is 10.5. The molecule has 1 unspecified atom stereocenters. The van der Waals surface area contributed by atoms with Gasteiger partial charge in [0.25, 0.3) is 5.91 Å². The second-order valence-electron chi connectivity index (χ2n) is 9.38. The fourth-order valence-electron chi connectivity index (χ4n) is 5.04. The second-order valence-corrected chi connectivity index (χ2v) is 9.74. The van der Waals surface area contributed by atoms with Crippen molar-refractivity contribution in [2.45, 2.75) is 43.7 Å². The summed E-state index contributed by atoms with van der Waals surface area (Å²) in [7, 11) is 0. The van der Waals surface area contributed by atoms with Gasteiger partial charge in [-0.2, -0.15) is 0 Å². The summed E-state index contributed by atoms with van der Waals surface area (Å²) in [5.74, 6) is -0.965. The highest BCUT2D eigenvalue weighted by molar-refractivity contribution is 6.33. The van der Waals surface area contributed by atoms with Gasteiger partial charge in [0, 0.05) is 42.0 Å². The predicted octanol–water partition coefficient (Wildman–Crippen LogP) is 3.89. The van der Waals surface area contributed by atoms with Crippen molar-refractivity contribution in [1.82, 2.24) is 10.3 Å². The Balaban J connectivity index is 1.64. The Kier molecular flexibility index (Phi) is 4.35. The maximum absolute atomic E-state index is 14.0. The molecule has 1 aliphatic heterocycles. The molecule has 3 saturated carbocycles. The van der Waals surface area contributed by atoms with E-state index in [0.717, 1.165) is 37.7 Å². The van der Waals surface area contributed by atoms with E-state index in [-0.39, 0.29) is 22.2 Å². The first kappa shape index (κ1) is 19.7. The summed E-state index contributed by atoms with van der Waals surface area (Å²) < 4.78 is 28.0. The predicted molar refractivity (Wildman–Crippen MR) is 112 cm³/mol. The number of nitrogens with zero attached hydrogens (tertiary/aromatic N) is 2. The molecule has 0 radical (unpaired) electrons. The average Bonchev–Trinajstić information content (AvgIpc) is 2.95. The first-order chi connectivity index (χ1) is 14.1. The van der Waals surface area contributed by atoms with Crippen LogP contribution < -0.4 is 16.0 Å². The van der Waals surface area contributed by atoms with Crippen LogP contribution >= 0.6 is 11.6 Å². The first-order valence-electron chi connectivity index (χ1n) is 10.2. The summed E-state index contributed by atoms with van der Waals surface area (Å²) in [6, 6.07) is 3.21. The van der Waals surface area contributed by atoms with Crippen LogP contribution in [0.25, 0.3) is 11.1 Å². The summed E-state index contributed by atoms with van der Waals surface area (Å²) in [5, 5.41) is 3.24. The highest BCUT2D eigenvalue weighted by Crippen LogP contribution is 2.57. The van der Waals surface area contributed by atoms with Crippen LogP contribution in [0.3, 0.4) is 0 Å². The van der Waals surface area contributed by atoms with E-state index in [2.05, 4.69) is 10.3 Å². The number of hydrogen-bond acceptors (Lipinski definition) is 4. The zero-order valence-electron chi connectivity index (χ0n) is 16.6. The molecule has 1 atom stereocenters. The van der Waals surface area contributed by atoms with E-state index >= 15 is 0 Å². The van der Waals surface area contributed by atoms with E-state index < -0.39 is 17.2 Å². The molecule has 4 aliphatic rings. The molecule has 3 N–H and O–H groups in total. The number of nitrogens with one attached hydrogen (secondary N) is 1. The van der Waals surface area contributed by atoms with E-state index in [9.17, 15) is 13.6 Å². The molecule has 1 aromatic carbocycles. The number of nitrogens with two attached hydrogens (primary N) is 1. The number of hydrogen-bond donors (Lipinski definition) is 2. The van der Waals surface area contributed by atoms with Crippen LogP contribution in [-0.4, -0.2) is 35.1 Å². The molecule has 8 heteroatoms. The highest BCUT2D eigenvalue weighted by atomic mass is 35.5. The van der Waals surface area contributed by atoms with Gasteiger partial charge in [-0.3, -0.25) is 4.79 Å². The number of aromatic nitrogens is 1. The Bertz CT molecular complexity index is 1020. The van der Waals surface area contributed by atoms with Crippen molar-refractivity contribution in [2.75, 3.05) is 18.0 Å². The Morgan fingerprint density at radius 1 is 1.27 bits per heavy atom. The molecule has 0 spiro atoms. The third-order valence-corrected chi connectivity index (χ3v) is 6.93. The zero-order chi connectivity index (χ0) is 21.3. The minimum atomic E-state index is -0.721. The van der Waals surface area contributed by atoms with Crippen molar-refractivity contribution >= 4 is 23.2 Å². The van der Waals surface area contributed by atoms with Gasteiger partial charge in [0.15, 0.2) is 0 Å². The summed E-state index contributed by atoms with van der Waals surface area (Å²) in [4.78, 5) is 19.4. The third kappa shape index (κ3) is 3.24. The highest BCUT2D eigenvalue weighted by Gasteiger charge is 2.57. The molecule has 30 heavy (non-hydrogen) atoms. The molecule has 4 fully saturated rings. The van der Waals surface area contributed by atoms with Crippen molar-refractivity contribution in [1.29, 1.82) is 0 Å². The van der Waals surface area contributed by atoms with Gasteiger partial charge in [-0.05, 0) is 56.2 Å². The molecule has 1 saturated heterocycles. The maximum atomic E-state index is 14.0. The third-order valence-electron chi connectivity index (χ3n) is 6.64. The smallest absolute Gasteiger partial charge is 0.255 e. The molecule has 1 aromatic heterocycles. The molecular weight excluding hydrogens is 410 g/mol. The van der Waals surface area contributed by atoms with Gasteiger partial charge in [0.1, 0.15) is 16.8 Å². The lowest BCUT2D eigenvalue weighted by Gasteiger charge is -2.61. The SMILES string of the molecule is CC1(N)CCN(c2c(C(=O)NC34CC(C3)C4)cnc(Cl)c2-c2cc(F)cc(F)c2)C1. The number of benzene rings is 1. The van der Waals surface area contributed by atoms with Crippen LogP contribution in [0.2, 0.25) is 5.15 Å². The standard InChI is InChI=1S/C22H23ClF2N4O/c1-21(26)2-3-29(11-21)18-16(20(30)28-22-7-12(8-22)9-22)10-27-19(23)17(18)13-4-14(24)6-15(25)5-13/h4-6,10,12H,2-3,7-9,11,26H2,1H3,(H,28,30). The number of carbonyl (C=O) groups excluding carboxylic acids is 1. The van der Waals surface area contributed by atoms with E-state index in [1.165, 1.54) is 18.3 Å². The fourth-order valence-corrected chi connectivity index (χ4v) is 5.29. The van der Waals surface area contributed by atoms with E-state index in [1.807, 2.05) is 11.8 Å². The molecule has 3 aliphatic carbocycles. The molecule has 6 rings (SSSR count). The molecule has 2 bridgehead atoms. The average molecular weight is 433 g/mol. The lowest BCUT2D eigenvalue weighted by Crippen LogP contribution is -2.68. The van der Waals surface area contributed by atoms with Crippen molar-refractivity contribution in [3.63, 3.8) is 0 Å². The number of carbonyl (C=O) groups is 1. The normalized spacial score (nSPS) is 29.4. The van der Waals surface area contributed by atoms with Crippen molar-refractivity contribution in [3.05, 3.63) is 46.7 Å². The zero-order valence-corrected chi connectivity index (χ0v) is 17.4. The molecule has 5 nitrogen and oxygen atoms in total. The quantitative estimate of drug-likeness (QED) is 0.719. The summed E-state index contributed by atoms with van der Waals surface area (Å²) in [6.07, 6.45) is 5.17. The summed E-state index contributed by atoms with van der Waals surface area (Å²) >= 11 is 6.43. The lowest BCUT2D eigenvalue weighted by atomic mass is 9.50. The van der Waals surface area contributed by atoms with E-state index in [4.69, 9.17) is 17.3 Å². The number of pyridine rings is 1. The van der Waals surface area contributed by atoms with Gasteiger partial charge in [0.2, 0.25) is 0 Å². The monoisotopic (exact) mass is 432 g/mol. The Morgan fingerprint density at radius 3 is 2.47 bits per heavy atom. The van der Waals surface area contributed by atoms with E-state index in [1.54, 1.807) is 0 Å². The van der Waals surface area contributed by atoms with Gasteiger partial charge in [0.05, 0.1) is 11.3 Å². The van der Waals surface area contributed by atoms with E-state index in [0.29, 0.717) is 29.9 Å². The number of halogens is 3. The summed E-state index contributed by atoms with van der Waals surface area (Å²) in [5.41, 5.74) is 7.24. The number of anilines is 1. The molecule has 2 heterocycles. The number of rotatable bonds is 4. The van der Waals surface area contributed by atoms with Crippen LogP contribution in [0.15, 0.2) is 24.4 Å². The van der Waals surface area contributed by atoms with Crippen LogP contribution in [0, 0.1) is 17.6 Å². The van der Waals surface area contributed by atoms with Gasteiger partial charge >= 0.3 is 0 Å². The second kappa shape index (κ2) is 6.62. The van der Waals surface area contributed by atoms with Gasteiger partial charge in [-0.15, -0.1) is 0 Å². The van der Waals surface area contributed by atoms with Crippen LogP contribution in [0.4, 0.5) is 14.5 Å². The minimum absolute atomic E-state index is 0.0858. The van der Waals surface area contributed by atoms with Gasteiger partial charge in [-0.25, -0.2) is 13.8 Å². The fraction of sp³-hybridized carbons (Fsp3) is 0.455. The molecular formula is C22H23ClF2N4O. The van der Waals surface area contributed by atoms with Crippen LogP contribution in [-0.2, 0) is 0 Å². The minimum Gasteiger partial charge on any atom is -0.368 e. The number of amides is 1. The lowest BCUT2D eigenvalue weighted by molar-refractivity contribution is -0.0438. The van der Waals surface area contributed by atoms with Crippen LogP contribution in [0.5, 0.6) is 0 Å². The summed E-state index contributed by atoms with van der Waals surface area (Å²) in [6.45, 7) is 3.04. The van der Waals surface area contributed by atoms with Gasteiger partial charge in [-0.1, -0.05) is 11.6 Å². The van der Waals surface area contributed by atoms with Crippen LogP contribution in [0.1, 0.15) is 43.0 Å². The molecule has 2 aromatic rings. The van der Waals surface area contributed by atoms with Gasteiger partial charge < -0.3 is 16.0 Å².